The van der Waals surface area contributed by atoms with Crippen LogP contribution in [0.3, 0.4) is 0 Å². The molecule has 2 aromatic rings. The number of aryl methyl sites for hydroxylation is 2. The Bertz CT molecular complexity index is 946. The SMILES string of the molecule is CC[C@H](NC(=O)c1cc(S(=O)(=O)N2CCCC2)ccc1C)c1ccc(C)cc1. The lowest BCUT2D eigenvalue weighted by Crippen LogP contribution is -2.30. The zero-order valence-electron chi connectivity index (χ0n) is 16.7. The third-order valence-electron chi connectivity index (χ3n) is 5.35. The van der Waals surface area contributed by atoms with Crippen molar-refractivity contribution in [2.24, 2.45) is 0 Å². The molecule has 1 N–H and O–H groups in total. The van der Waals surface area contributed by atoms with Crippen LogP contribution in [-0.2, 0) is 10.0 Å². The van der Waals surface area contributed by atoms with Crippen LogP contribution >= 0.6 is 0 Å². The fourth-order valence-electron chi connectivity index (χ4n) is 3.54. The standard InChI is InChI=1S/C22H28N2O3S/c1-4-21(18-10-7-16(2)8-11-18)23-22(25)20-15-19(12-9-17(20)3)28(26,27)24-13-5-6-14-24/h7-12,15,21H,4-6,13-14H2,1-3H3,(H,23,25)/t21-/m0/s1. The van der Waals surface area contributed by atoms with Crippen LogP contribution in [0.2, 0.25) is 0 Å². The molecule has 1 fully saturated rings. The van der Waals surface area contributed by atoms with Crippen LogP contribution in [0.5, 0.6) is 0 Å². The number of benzene rings is 2. The summed E-state index contributed by atoms with van der Waals surface area (Å²) in [6.07, 6.45) is 2.51. The minimum atomic E-state index is -3.55. The number of hydrogen-bond acceptors (Lipinski definition) is 3. The van der Waals surface area contributed by atoms with Gasteiger partial charge in [0.15, 0.2) is 0 Å². The van der Waals surface area contributed by atoms with Crippen LogP contribution in [0.1, 0.15) is 59.3 Å². The van der Waals surface area contributed by atoms with E-state index < -0.39 is 10.0 Å². The van der Waals surface area contributed by atoms with Crippen molar-refractivity contribution in [1.82, 2.24) is 9.62 Å². The quantitative estimate of drug-likeness (QED) is 0.798. The number of carbonyl (C=O) groups excluding carboxylic acids is 1. The second kappa shape index (κ2) is 8.45. The molecule has 2 aromatic carbocycles. The van der Waals surface area contributed by atoms with Gasteiger partial charge in [0.1, 0.15) is 0 Å². The van der Waals surface area contributed by atoms with Crippen LogP contribution < -0.4 is 5.32 Å². The van der Waals surface area contributed by atoms with Crippen molar-refractivity contribution in [1.29, 1.82) is 0 Å². The predicted octanol–water partition coefficient (Wildman–Crippen LogP) is 3.97. The van der Waals surface area contributed by atoms with E-state index in [9.17, 15) is 13.2 Å². The number of hydrogen-bond donors (Lipinski definition) is 1. The van der Waals surface area contributed by atoms with Crippen LogP contribution in [0, 0.1) is 13.8 Å². The van der Waals surface area contributed by atoms with E-state index in [4.69, 9.17) is 0 Å². The molecule has 0 bridgehead atoms. The second-order valence-electron chi connectivity index (χ2n) is 7.43. The molecule has 6 heteroatoms. The number of carbonyl (C=O) groups is 1. The molecule has 0 spiro atoms. The van der Waals surface area contributed by atoms with Crippen molar-refractivity contribution < 1.29 is 13.2 Å². The minimum Gasteiger partial charge on any atom is -0.345 e. The Morgan fingerprint density at radius 2 is 1.71 bits per heavy atom. The van der Waals surface area contributed by atoms with Crippen LogP contribution in [0.4, 0.5) is 0 Å². The molecule has 0 aliphatic carbocycles. The van der Waals surface area contributed by atoms with Gasteiger partial charge in [-0.25, -0.2) is 8.42 Å². The Labute approximate surface area is 167 Å². The molecule has 0 unspecified atom stereocenters. The molecule has 1 amide bonds. The maximum absolute atomic E-state index is 13.0. The Balaban J connectivity index is 1.85. The van der Waals surface area contributed by atoms with E-state index in [2.05, 4.69) is 5.32 Å². The molecular formula is C22H28N2O3S. The molecule has 0 saturated carbocycles. The monoisotopic (exact) mass is 400 g/mol. The highest BCUT2D eigenvalue weighted by Crippen LogP contribution is 2.24. The Kier molecular flexibility index (Phi) is 6.20. The van der Waals surface area contributed by atoms with E-state index >= 15 is 0 Å². The Morgan fingerprint density at radius 1 is 1.07 bits per heavy atom. The largest absolute Gasteiger partial charge is 0.345 e. The van der Waals surface area contributed by atoms with Gasteiger partial charge in [-0.1, -0.05) is 42.8 Å². The van der Waals surface area contributed by atoms with Crippen molar-refractivity contribution in [3.05, 3.63) is 64.7 Å². The zero-order chi connectivity index (χ0) is 20.3. The molecule has 150 valence electrons. The number of amides is 1. The first-order valence-corrected chi connectivity index (χ1v) is 11.2. The van der Waals surface area contributed by atoms with E-state index in [0.29, 0.717) is 18.7 Å². The van der Waals surface area contributed by atoms with E-state index in [1.807, 2.05) is 45.0 Å². The molecule has 1 heterocycles. The summed E-state index contributed by atoms with van der Waals surface area (Å²) < 4.78 is 27.2. The highest BCUT2D eigenvalue weighted by Gasteiger charge is 2.28. The van der Waals surface area contributed by atoms with Gasteiger partial charge in [-0.15, -0.1) is 0 Å². The number of rotatable bonds is 6. The smallest absolute Gasteiger partial charge is 0.252 e. The first-order chi connectivity index (χ1) is 13.3. The molecule has 5 nitrogen and oxygen atoms in total. The van der Waals surface area contributed by atoms with Crippen molar-refractivity contribution >= 4 is 15.9 Å². The van der Waals surface area contributed by atoms with Gasteiger partial charge in [0.05, 0.1) is 10.9 Å². The van der Waals surface area contributed by atoms with Crippen molar-refractivity contribution in [3.63, 3.8) is 0 Å². The number of nitrogens with zero attached hydrogens (tertiary/aromatic N) is 1. The summed E-state index contributed by atoms with van der Waals surface area (Å²) in [5.74, 6) is -0.247. The van der Waals surface area contributed by atoms with Gasteiger partial charge in [0.2, 0.25) is 10.0 Å². The van der Waals surface area contributed by atoms with E-state index in [-0.39, 0.29) is 16.8 Å². The Hall–Kier alpha value is -2.18. The van der Waals surface area contributed by atoms with Gasteiger partial charge in [-0.3, -0.25) is 4.79 Å². The lowest BCUT2D eigenvalue weighted by Gasteiger charge is -2.20. The maximum Gasteiger partial charge on any atom is 0.252 e. The molecule has 1 atom stereocenters. The minimum absolute atomic E-state index is 0.119. The fraction of sp³-hybridized carbons (Fsp3) is 0.409. The summed E-state index contributed by atoms with van der Waals surface area (Å²) in [7, 11) is -3.55. The molecule has 28 heavy (non-hydrogen) atoms. The molecule has 0 radical (unpaired) electrons. The van der Waals surface area contributed by atoms with Gasteiger partial charge in [0.25, 0.3) is 5.91 Å². The van der Waals surface area contributed by atoms with Crippen LogP contribution in [-0.4, -0.2) is 31.7 Å². The highest BCUT2D eigenvalue weighted by atomic mass is 32.2. The van der Waals surface area contributed by atoms with E-state index in [1.165, 1.54) is 15.9 Å². The number of nitrogens with one attached hydrogen (secondary N) is 1. The van der Waals surface area contributed by atoms with Crippen molar-refractivity contribution in [2.75, 3.05) is 13.1 Å². The summed E-state index contributed by atoms with van der Waals surface area (Å²) in [6.45, 7) is 6.96. The number of sulfonamides is 1. The summed E-state index contributed by atoms with van der Waals surface area (Å²) in [5, 5.41) is 3.06. The molecule has 3 rings (SSSR count). The van der Waals surface area contributed by atoms with Gasteiger partial charge in [-0.05, 0) is 56.4 Å². The van der Waals surface area contributed by atoms with Gasteiger partial charge in [0, 0.05) is 18.7 Å². The topological polar surface area (TPSA) is 66.5 Å². The third-order valence-corrected chi connectivity index (χ3v) is 7.24. The van der Waals surface area contributed by atoms with Gasteiger partial charge < -0.3 is 5.32 Å². The highest BCUT2D eigenvalue weighted by molar-refractivity contribution is 7.89. The second-order valence-corrected chi connectivity index (χ2v) is 9.37. The first-order valence-electron chi connectivity index (χ1n) is 9.81. The Morgan fingerprint density at radius 3 is 2.32 bits per heavy atom. The lowest BCUT2D eigenvalue weighted by atomic mass is 10.0. The third kappa shape index (κ3) is 4.28. The maximum atomic E-state index is 13.0. The summed E-state index contributed by atoms with van der Waals surface area (Å²) in [6, 6.07) is 12.8. The average molecular weight is 401 g/mol. The normalized spacial score (nSPS) is 16.1. The molecule has 1 aliphatic heterocycles. The summed E-state index contributed by atoms with van der Waals surface area (Å²) >= 11 is 0. The predicted molar refractivity (Wildman–Crippen MR) is 111 cm³/mol. The molecule has 0 aromatic heterocycles. The van der Waals surface area contributed by atoms with Crippen LogP contribution in [0.25, 0.3) is 0 Å². The van der Waals surface area contributed by atoms with Crippen molar-refractivity contribution in [3.8, 4) is 0 Å². The van der Waals surface area contributed by atoms with E-state index in [0.717, 1.165) is 30.4 Å². The first kappa shape index (κ1) is 20.6. The van der Waals surface area contributed by atoms with Gasteiger partial charge in [-0.2, -0.15) is 4.31 Å². The van der Waals surface area contributed by atoms with Crippen molar-refractivity contribution in [2.45, 2.75) is 51.0 Å². The molecule has 1 saturated heterocycles. The van der Waals surface area contributed by atoms with Gasteiger partial charge >= 0.3 is 0 Å². The lowest BCUT2D eigenvalue weighted by molar-refractivity contribution is 0.0934. The fourth-order valence-corrected chi connectivity index (χ4v) is 5.08. The van der Waals surface area contributed by atoms with Crippen LogP contribution in [0.15, 0.2) is 47.4 Å². The van der Waals surface area contributed by atoms with E-state index in [1.54, 1.807) is 12.1 Å². The molecule has 1 aliphatic rings. The zero-order valence-corrected chi connectivity index (χ0v) is 17.6. The average Bonchev–Trinajstić information content (AvgIpc) is 3.22. The summed E-state index contributed by atoms with van der Waals surface area (Å²) in [4.78, 5) is 13.1. The molecular weight excluding hydrogens is 372 g/mol. The summed E-state index contributed by atoms with van der Waals surface area (Å²) in [5.41, 5.74) is 3.38.